The van der Waals surface area contributed by atoms with Gasteiger partial charge in [-0.2, -0.15) is 4.99 Å². The molecule has 6 nitrogen and oxygen atoms in total. The fourth-order valence-electron chi connectivity index (χ4n) is 6.18. The Bertz CT molecular complexity index is 1500. The van der Waals surface area contributed by atoms with E-state index in [9.17, 15) is 13.2 Å². The van der Waals surface area contributed by atoms with E-state index in [4.69, 9.17) is 0 Å². The Morgan fingerprint density at radius 3 is 2.33 bits per heavy atom. The number of hydrogen-bond donors (Lipinski definition) is 0. The first-order chi connectivity index (χ1) is 19.3. The van der Waals surface area contributed by atoms with Gasteiger partial charge in [0.15, 0.2) is 15.0 Å². The van der Waals surface area contributed by atoms with E-state index in [2.05, 4.69) is 64.5 Å². The lowest BCUT2D eigenvalue weighted by Gasteiger charge is -2.34. The second-order valence-electron chi connectivity index (χ2n) is 11.3. The van der Waals surface area contributed by atoms with E-state index >= 15 is 0 Å². The number of rotatable bonds is 6. The van der Waals surface area contributed by atoms with Gasteiger partial charge < -0.3 is 9.80 Å². The Balaban J connectivity index is 1.16. The quantitative estimate of drug-likeness (QED) is 0.399. The first kappa shape index (κ1) is 27.1. The zero-order chi connectivity index (χ0) is 27.7. The van der Waals surface area contributed by atoms with Crippen LogP contribution in [0.2, 0.25) is 0 Å². The molecular formula is C32H35N3O3S2. The lowest BCUT2D eigenvalue weighted by Crippen LogP contribution is -2.38. The maximum Gasteiger partial charge on any atom is 0.252 e. The van der Waals surface area contributed by atoms with Crippen molar-refractivity contribution in [1.29, 1.82) is 0 Å². The molecule has 6 rings (SSSR count). The van der Waals surface area contributed by atoms with Gasteiger partial charge in [-0.1, -0.05) is 71.9 Å². The van der Waals surface area contributed by atoms with Crippen LogP contribution in [0, 0.1) is 12.8 Å². The minimum absolute atomic E-state index is 0.0897. The second kappa shape index (κ2) is 11.4. The monoisotopic (exact) mass is 573 g/mol. The molecule has 40 heavy (non-hydrogen) atoms. The molecule has 3 aromatic rings. The number of carbonyl (C=O) groups is 1. The molecule has 0 spiro atoms. The van der Waals surface area contributed by atoms with Crippen molar-refractivity contribution in [2.75, 3.05) is 34.4 Å². The minimum Gasteiger partial charge on any atom is -0.372 e. The van der Waals surface area contributed by atoms with Gasteiger partial charge in [-0.3, -0.25) is 4.79 Å². The fraction of sp³-hybridized carbons (Fsp3) is 0.375. The summed E-state index contributed by atoms with van der Waals surface area (Å²) in [5.74, 6) is 0.708. The highest BCUT2D eigenvalue weighted by Gasteiger charge is 2.49. The molecule has 0 unspecified atom stereocenters. The smallest absolute Gasteiger partial charge is 0.252 e. The molecule has 3 aromatic carbocycles. The molecule has 208 valence electrons. The van der Waals surface area contributed by atoms with Crippen molar-refractivity contribution in [3.8, 4) is 0 Å². The summed E-state index contributed by atoms with van der Waals surface area (Å²) in [6, 6.07) is 26.8. The van der Waals surface area contributed by atoms with Gasteiger partial charge in [0.25, 0.3) is 5.91 Å². The van der Waals surface area contributed by atoms with Crippen LogP contribution < -0.4 is 9.80 Å². The molecule has 2 atom stereocenters. The standard InChI is InChI=1S/C32H35N3O3S2/c1-23-6-5-9-26(18-23)20-31(36)33-32-35(29-21-40(37,38)22-30(29)39-32)28-12-10-27(11-13-28)34-16-14-25(15-17-34)19-24-7-3-2-4-8-24/h2-13,18,25,29-30H,14-17,19-22H2,1H3/t29-,30+/m0/s1. The number of aryl methyl sites for hydroxylation is 1. The number of amidine groups is 1. The number of hydrogen-bond acceptors (Lipinski definition) is 5. The van der Waals surface area contributed by atoms with Crippen LogP contribution in [-0.4, -0.2) is 55.4 Å². The summed E-state index contributed by atoms with van der Waals surface area (Å²) in [6.45, 7) is 4.06. The highest BCUT2D eigenvalue weighted by atomic mass is 32.2. The summed E-state index contributed by atoms with van der Waals surface area (Å²) in [6.07, 6.45) is 3.70. The van der Waals surface area contributed by atoms with Crippen LogP contribution in [-0.2, 0) is 27.5 Å². The first-order valence-electron chi connectivity index (χ1n) is 14.1. The lowest BCUT2D eigenvalue weighted by molar-refractivity contribution is -0.117. The summed E-state index contributed by atoms with van der Waals surface area (Å²) < 4.78 is 24.9. The zero-order valence-electron chi connectivity index (χ0n) is 22.8. The number of nitrogens with zero attached hydrogens (tertiary/aromatic N) is 3. The summed E-state index contributed by atoms with van der Waals surface area (Å²) in [4.78, 5) is 21.9. The number of thioether (sulfide) groups is 1. The van der Waals surface area contributed by atoms with Gasteiger partial charge in [0.2, 0.25) is 0 Å². The number of piperidine rings is 1. The molecule has 3 aliphatic rings. The van der Waals surface area contributed by atoms with Crippen LogP contribution in [0.5, 0.6) is 0 Å². The Labute approximate surface area is 241 Å². The molecule has 3 heterocycles. The molecule has 0 radical (unpaired) electrons. The second-order valence-corrected chi connectivity index (χ2v) is 14.6. The van der Waals surface area contributed by atoms with E-state index in [-0.39, 0.29) is 35.1 Å². The zero-order valence-corrected chi connectivity index (χ0v) is 24.4. The average molecular weight is 574 g/mol. The lowest BCUT2D eigenvalue weighted by atomic mass is 9.90. The maximum atomic E-state index is 13.0. The van der Waals surface area contributed by atoms with Gasteiger partial charge in [-0.15, -0.1) is 0 Å². The molecule has 3 aliphatic heterocycles. The molecule has 0 aliphatic carbocycles. The van der Waals surface area contributed by atoms with E-state index in [1.165, 1.54) is 35.9 Å². The summed E-state index contributed by atoms with van der Waals surface area (Å²) in [7, 11) is -3.12. The van der Waals surface area contributed by atoms with Crippen molar-refractivity contribution in [2.45, 2.75) is 43.9 Å². The van der Waals surface area contributed by atoms with E-state index in [1.807, 2.05) is 36.1 Å². The summed E-state index contributed by atoms with van der Waals surface area (Å²) in [5, 5.41) is 0.496. The highest BCUT2D eigenvalue weighted by molar-refractivity contribution is 8.16. The van der Waals surface area contributed by atoms with Crippen molar-refractivity contribution < 1.29 is 13.2 Å². The molecule has 3 saturated heterocycles. The average Bonchev–Trinajstić information content (AvgIpc) is 3.40. The predicted octanol–water partition coefficient (Wildman–Crippen LogP) is 5.30. The van der Waals surface area contributed by atoms with Gasteiger partial charge in [-0.25, -0.2) is 8.42 Å². The van der Waals surface area contributed by atoms with Gasteiger partial charge >= 0.3 is 0 Å². The van der Waals surface area contributed by atoms with Crippen molar-refractivity contribution in [3.05, 3.63) is 95.6 Å². The molecule has 0 N–H and O–H groups in total. The number of anilines is 2. The van der Waals surface area contributed by atoms with Crippen LogP contribution >= 0.6 is 11.8 Å². The van der Waals surface area contributed by atoms with Crippen molar-refractivity contribution in [2.24, 2.45) is 10.9 Å². The number of sulfone groups is 1. The highest BCUT2D eigenvalue weighted by Crippen LogP contribution is 2.41. The topological polar surface area (TPSA) is 70.0 Å². The minimum atomic E-state index is -3.12. The van der Waals surface area contributed by atoms with E-state index in [0.717, 1.165) is 36.3 Å². The molecular weight excluding hydrogens is 539 g/mol. The molecule has 3 fully saturated rings. The number of fused-ring (bicyclic) bond motifs is 1. The number of amides is 1. The fourth-order valence-corrected chi connectivity index (χ4v) is 10.1. The Hall–Kier alpha value is -3.10. The van der Waals surface area contributed by atoms with Crippen LogP contribution in [0.1, 0.15) is 29.5 Å². The van der Waals surface area contributed by atoms with Crippen LogP contribution in [0.25, 0.3) is 0 Å². The Morgan fingerprint density at radius 1 is 0.900 bits per heavy atom. The molecule has 0 aromatic heterocycles. The predicted molar refractivity (Wildman–Crippen MR) is 165 cm³/mol. The van der Waals surface area contributed by atoms with Crippen molar-refractivity contribution >= 4 is 44.0 Å². The SMILES string of the molecule is Cc1cccc(CC(=O)N=C2S[C@@H]3CS(=O)(=O)C[C@@H]3N2c2ccc(N3CCC(Cc4ccccc4)CC3)cc2)c1. The van der Waals surface area contributed by atoms with Crippen molar-refractivity contribution in [1.82, 2.24) is 0 Å². The molecule has 1 amide bonds. The van der Waals surface area contributed by atoms with E-state index < -0.39 is 9.84 Å². The third-order valence-corrected chi connectivity index (χ3v) is 11.4. The molecule has 0 saturated carbocycles. The van der Waals surface area contributed by atoms with Gasteiger partial charge in [0.1, 0.15) is 0 Å². The van der Waals surface area contributed by atoms with E-state index in [0.29, 0.717) is 11.1 Å². The molecule has 0 bridgehead atoms. The van der Waals surface area contributed by atoms with Gasteiger partial charge in [-0.05, 0) is 67.5 Å². The maximum absolute atomic E-state index is 13.0. The Morgan fingerprint density at radius 2 is 1.60 bits per heavy atom. The van der Waals surface area contributed by atoms with Crippen molar-refractivity contribution in [3.63, 3.8) is 0 Å². The largest absolute Gasteiger partial charge is 0.372 e. The number of benzene rings is 3. The van der Waals surface area contributed by atoms with Crippen LogP contribution in [0.15, 0.2) is 83.9 Å². The number of carbonyl (C=O) groups excluding carboxylic acids is 1. The third-order valence-electron chi connectivity index (χ3n) is 8.20. The van der Waals surface area contributed by atoms with Gasteiger partial charge in [0.05, 0.1) is 24.0 Å². The van der Waals surface area contributed by atoms with E-state index in [1.54, 1.807) is 0 Å². The normalized spacial score (nSPS) is 23.5. The number of aliphatic imine (C=N–C) groups is 1. The van der Waals surface area contributed by atoms with Crippen LogP contribution in [0.4, 0.5) is 11.4 Å². The van der Waals surface area contributed by atoms with Crippen LogP contribution in [0.3, 0.4) is 0 Å². The third kappa shape index (κ3) is 6.13. The summed E-state index contributed by atoms with van der Waals surface area (Å²) in [5.41, 5.74) is 5.52. The first-order valence-corrected chi connectivity index (χ1v) is 16.8. The summed E-state index contributed by atoms with van der Waals surface area (Å²) >= 11 is 1.43. The Kier molecular flexibility index (Phi) is 7.73. The molecule has 8 heteroatoms. The van der Waals surface area contributed by atoms with Gasteiger partial charge in [0, 0.05) is 29.7 Å².